The molecule has 0 fully saturated rings. The monoisotopic (exact) mass is 343 g/mol. The Labute approximate surface area is 149 Å². The van der Waals surface area contributed by atoms with Crippen molar-refractivity contribution in [1.29, 1.82) is 0 Å². The highest BCUT2D eigenvalue weighted by Crippen LogP contribution is 2.16. The molecule has 0 heterocycles. The molecule has 24 heavy (non-hydrogen) atoms. The van der Waals surface area contributed by atoms with Crippen LogP contribution in [0.15, 0.2) is 54.6 Å². The first-order valence-corrected chi connectivity index (χ1v) is 8.53. The van der Waals surface area contributed by atoms with Crippen molar-refractivity contribution in [3.8, 4) is 5.75 Å². The van der Waals surface area contributed by atoms with Crippen molar-refractivity contribution in [2.75, 3.05) is 30.4 Å². The van der Waals surface area contributed by atoms with Crippen molar-refractivity contribution in [2.24, 2.45) is 0 Å². The molecular weight excluding hydrogens is 318 g/mol. The number of para-hydroxylation sites is 1. The van der Waals surface area contributed by atoms with E-state index in [0.717, 1.165) is 24.5 Å². The number of rotatable bonds is 7. The number of benzene rings is 2. The van der Waals surface area contributed by atoms with E-state index in [1.165, 1.54) is 5.69 Å². The molecule has 0 saturated heterocycles. The second-order valence-corrected chi connectivity index (χ2v) is 6.24. The van der Waals surface area contributed by atoms with Gasteiger partial charge in [-0.1, -0.05) is 18.2 Å². The summed E-state index contributed by atoms with van der Waals surface area (Å²) in [7, 11) is 2.07. The van der Waals surface area contributed by atoms with Gasteiger partial charge in [-0.25, -0.2) is 0 Å². The fourth-order valence-corrected chi connectivity index (χ4v) is 2.43. The lowest BCUT2D eigenvalue weighted by atomic mass is 10.3. The molecule has 0 spiro atoms. The molecule has 0 aliphatic rings. The fraction of sp³-hybridized carbons (Fsp3) is 0.316. The molecule has 0 bridgehead atoms. The maximum atomic E-state index is 5.63. The summed E-state index contributed by atoms with van der Waals surface area (Å²) >= 11 is 5.34. The van der Waals surface area contributed by atoms with Gasteiger partial charge < -0.3 is 20.3 Å². The molecule has 0 atom stereocenters. The maximum Gasteiger partial charge on any atom is 0.170 e. The summed E-state index contributed by atoms with van der Waals surface area (Å²) < 4.78 is 5.63. The molecule has 0 aromatic heterocycles. The smallest absolute Gasteiger partial charge is 0.170 e. The Balaban J connectivity index is 1.73. The minimum absolute atomic E-state index is 0.174. The van der Waals surface area contributed by atoms with Crippen molar-refractivity contribution in [3.63, 3.8) is 0 Å². The molecule has 128 valence electrons. The largest absolute Gasteiger partial charge is 0.491 e. The molecule has 0 saturated carbocycles. The zero-order valence-corrected chi connectivity index (χ0v) is 15.3. The van der Waals surface area contributed by atoms with Crippen LogP contribution in [0, 0.1) is 0 Å². The molecule has 0 unspecified atom stereocenters. The Morgan fingerprint density at radius 2 is 1.75 bits per heavy atom. The van der Waals surface area contributed by atoms with Crippen LogP contribution in [0.4, 0.5) is 11.4 Å². The van der Waals surface area contributed by atoms with Crippen LogP contribution >= 0.6 is 12.2 Å². The average molecular weight is 343 g/mol. The molecule has 2 rings (SSSR count). The third-order valence-electron chi connectivity index (χ3n) is 3.41. The van der Waals surface area contributed by atoms with Crippen LogP contribution in [-0.4, -0.2) is 31.4 Å². The number of anilines is 2. The molecule has 0 amide bonds. The van der Waals surface area contributed by atoms with E-state index in [9.17, 15) is 0 Å². The van der Waals surface area contributed by atoms with Crippen molar-refractivity contribution in [3.05, 3.63) is 54.6 Å². The quantitative estimate of drug-likeness (QED) is 0.746. The zero-order valence-electron chi connectivity index (χ0n) is 14.5. The summed E-state index contributed by atoms with van der Waals surface area (Å²) in [6.07, 6.45) is 0.174. The Hall–Kier alpha value is -2.27. The van der Waals surface area contributed by atoms with E-state index in [2.05, 4.69) is 34.7 Å². The number of likely N-dealkylation sites (N-methyl/N-ethyl adjacent to an activating group) is 1. The fourth-order valence-electron chi connectivity index (χ4n) is 2.21. The SMILES string of the molecule is CC(C)Oc1ccc(NC(=S)NCCN(C)c2ccccc2)cc1. The Bertz CT molecular complexity index is 629. The van der Waals surface area contributed by atoms with E-state index in [1.54, 1.807) is 0 Å². The van der Waals surface area contributed by atoms with Gasteiger partial charge in [0.25, 0.3) is 0 Å². The summed E-state index contributed by atoms with van der Waals surface area (Å²) in [4.78, 5) is 2.19. The van der Waals surface area contributed by atoms with Gasteiger partial charge in [0.1, 0.15) is 5.75 Å². The lowest BCUT2D eigenvalue weighted by Gasteiger charge is -2.20. The van der Waals surface area contributed by atoms with E-state index in [-0.39, 0.29) is 6.10 Å². The van der Waals surface area contributed by atoms with E-state index in [1.807, 2.05) is 56.3 Å². The van der Waals surface area contributed by atoms with Gasteiger partial charge in [-0.15, -0.1) is 0 Å². The van der Waals surface area contributed by atoms with Gasteiger partial charge in [0, 0.05) is 31.5 Å². The number of nitrogens with one attached hydrogen (secondary N) is 2. The average Bonchev–Trinajstić information content (AvgIpc) is 2.57. The third-order valence-corrected chi connectivity index (χ3v) is 3.66. The Kier molecular flexibility index (Phi) is 6.88. The first kappa shape index (κ1) is 18.1. The predicted molar refractivity (Wildman–Crippen MR) is 106 cm³/mol. The van der Waals surface area contributed by atoms with Gasteiger partial charge in [-0.2, -0.15) is 0 Å². The van der Waals surface area contributed by atoms with Gasteiger partial charge in [-0.3, -0.25) is 0 Å². The Morgan fingerprint density at radius 1 is 1.08 bits per heavy atom. The number of hydrogen-bond acceptors (Lipinski definition) is 3. The molecule has 5 heteroatoms. The van der Waals surface area contributed by atoms with Crippen molar-refractivity contribution in [2.45, 2.75) is 20.0 Å². The maximum absolute atomic E-state index is 5.63. The molecule has 2 aromatic carbocycles. The minimum atomic E-state index is 0.174. The first-order valence-electron chi connectivity index (χ1n) is 8.12. The van der Waals surface area contributed by atoms with Crippen molar-refractivity contribution in [1.82, 2.24) is 5.32 Å². The van der Waals surface area contributed by atoms with Crippen LogP contribution in [-0.2, 0) is 0 Å². The first-order chi connectivity index (χ1) is 11.5. The van der Waals surface area contributed by atoms with E-state index < -0.39 is 0 Å². The molecule has 0 radical (unpaired) electrons. The number of ether oxygens (including phenoxy) is 1. The Morgan fingerprint density at radius 3 is 2.38 bits per heavy atom. The van der Waals surface area contributed by atoms with Gasteiger partial charge in [0.15, 0.2) is 5.11 Å². The van der Waals surface area contributed by atoms with Crippen LogP contribution in [0.25, 0.3) is 0 Å². The van der Waals surface area contributed by atoms with E-state index >= 15 is 0 Å². The van der Waals surface area contributed by atoms with E-state index in [4.69, 9.17) is 17.0 Å². The van der Waals surface area contributed by atoms with Gasteiger partial charge >= 0.3 is 0 Å². The number of hydrogen-bond donors (Lipinski definition) is 2. The standard InChI is InChI=1S/C19H25N3OS/c1-15(2)23-18-11-9-16(10-12-18)21-19(24)20-13-14-22(3)17-7-5-4-6-8-17/h4-12,15H,13-14H2,1-3H3,(H2,20,21,24). The van der Waals surface area contributed by atoms with E-state index in [0.29, 0.717) is 5.11 Å². The summed E-state index contributed by atoms with van der Waals surface area (Å²) in [6, 6.07) is 18.1. The van der Waals surface area contributed by atoms with Crippen LogP contribution in [0.3, 0.4) is 0 Å². The lowest BCUT2D eigenvalue weighted by Crippen LogP contribution is -2.35. The topological polar surface area (TPSA) is 36.5 Å². The number of nitrogens with zero attached hydrogens (tertiary/aromatic N) is 1. The summed E-state index contributed by atoms with van der Waals surface area (Å²) in [6.45, 7) is 5.66. The second-order valence-electron chi connectivity index (χ2n) is 5.83. The second kappa shape index (κ2) is 9.13. The van der Waals surface area contributed by atoms with Crippen LogP contribution in [0.2, 0.25) is 0 Å². The number of thiocarbonyl (C=S) groups is 1. The predicted octanol–water partition coefficient (Wildman–Crippen LogP) is 3.90. The summed E-state index contributed by atoms with van der Waals surface area (Å²) in [5.74, 6) is 0.860. The zero-order chi connectivity index (χ0) is 17.4. The van der Waals surface area contributed by atoms with Gasteiger partial charge in [0.05, 0.1) is 6.10 Å². The van der Waals surface area contributed by atoms with Crippen LogP contribution in [0.5, 0.6) is 5.75 Å². The molecule has 0 aliphatic carbocycles. The summed E-state index contributed by atoms with van der Waals surface area (Å²) in [5.41, 5.74) is 2.14. The van der Waals surface area contributed by atoms with Gasteiger partial charge in [-0.05, 0) is 62.5 Å². The molecule has 0 aliphatic heterocycles. The minimum Gasteiger partial charge on any atom is -0.491 e. The van der Waals surface area contributed by atoms with Crippen molar-refractivity contribution < 1.29 is 4.74 Å². The third kappa shape index (κ3) is 6.08. The molecule has 2 N–H and O–H groups in total. The molecule has 4 nitrogen and oxygen atoms in total. The van der Waals surface area contributed by atoms with Crippen LogP contribution < -0.4 is 20.3 Å². The van der Waals surface area contributed by atoms with Crippen molar-refractivity contribution >= 4 is 28.7 Å². The molecular formula is C19H25N3OS. The van der Waals surface area contributed by atoms with Gasteiger partial charge in [0.2, 0.25) is 0 Å². The summed E-state index contributed by atoms with van der Waals surface area (Å²) in [5, 5.41) is 7.03. The highest BCUT2D eigenvalue weighted by Gasteiger charge is 2.02. The highest BCUT2D eigenvalue weighted by atomic mass is 32.1. The normalized spacial score (nSPS) is 10.3. The lowest BCUT2D eigenvalue weighted by molar-refractivity contribution is 0.242. The van der Waals surface area contributed by atoms with Crippen LogP contribution in [0.1, 0.15) is 13.8 Å². The highest BCUT2D eigenvalue weighted by molar-refractivity contribution is 7.80. The molecule has 2 aromatic rings.